The van der Waals surface area contributed by atoms with Gasteiger partial charge in [-0.05, 0) is 37.6 Å². The van der Waals surface area contributed by atoms with Crippen molar-refractivity contribution in [3.63, 3.8) is 0 Å². The highest BCUT2D eigenvalue weighted by Crippen LogP contribution is 2.21. The fourth-order valence-corrected chi connectivity index (χ4v) is 2.65. The zero-order valence-corrected chi connectivity index (χ0v) is 12.1. The second-order valence-corrected chi connectivity index (χ2v) is 5.93. The highest BCUT2D eigenvalue weighted by atomic mass is 16.2. The highest BCUT2D eigenvalue weighted by molar-refractivity contribution is 5.78. The number of rotatable bonds is 6. The maximum Gasteiger partial charge on any atom is 0.234 e. The third-order valence-corrected chi connectivity index (χ3v) is 3.86. The molecule has 2 atom stereocenters. The molecule has 0 aromatic heterocycles. The van der Waals surface area contributed by atoms with Crippen LogP contribution in [0.5, 0.6) is 0 Å². The minimum atomic E-state index is 0.142. The minimum Gasteiger partial charge on any atom is -0.355 e. The van der Waals surface area contributed by atoms with Gasteiger partial charge in [-0.1, -0.05) is 20.8 Å². The Morgan fingerprint density at radius 3 is 2.83 bits per heavy atom. The first-order valence-electron chi connectivity index (χ1n) is 7.25. The van der Waals surface area contributed by atoms with E-state index in [4.69, 9.17) is 5.73 Å². The zero-order chi connectivity index (χ0) is 13.5. The molecule has 1 aliphatic heterocycles. The fraction of sp³-hybridized carbons (Fsp3) is 0.929. The van der Waals surface area contributed by atoms with Crippen LogP contribution < -0.4 is 11.1 Å². The second-order valence-electron chi connectivity index (χ2n) is 5.93. The summed E-state index contributed by atoms with van der Waals surface area (Å²) in [5.41, 5.74) is 5.83. The summed E-state index contributed by atoms with van der Waals surface area (Å²) in [5, 5.41) is 3.00. The number of hydrogen-bond acceptors (Lipinski definition) is 3. The quantitative estimate of drug-likeness (QED) is 0.750. The van der Waals surface area contributed by atoms with Gasteiger partial charge in [-0.15, -0.1) is 0 Å². The van der Waals surface area contributed by atoms with E-state index in [-0.39, 0.29) is 5.91 Å². The van der Waals surface area contributed by atoms with E-state index in [1.54, 1.807) is 0 Å². The number of amides is 1. The van der Waals surface area contributed by atoms with E-state index in [1.165, 1.54) is 12.8 Å². The summed E-state index contributed by atoms with van der Waals surface area (Å²) in [6.07, 6.45) is 3.45. The number of piperidine rings is 1. The van der Waals surface area contributed by atoms with Crippen LogP contribution in [0.15, 0.2) is 0 Å². The molecule has 0 saturated carbocycles. The van der Waals surface area contributed by atoms with Crippen molar-refractivity contribution in [1.29, 1.82) is 0 Å². The first kappa shape index (κ1) is 15.4. The summed E-state index contributed by atoms with van der Waals surface area (Å²) in [5.74, 6) is 1.38. The zero-order valence-electron chi connectivity index (χ0n) is 12.1. The number of carbonyl (C=O) groups excluding carboxylic acids is 1. The Kier molecular flexibility index (Phi) is 6.65. The van der Waals surface area contributed by atoms with Gasteiger partial charge in [0.25, 0.3) is 0 Å². The molecule has 0 bridgehead atoms. The molecule has 1 amide bonds. The van der Waals surface area contributed by atoms with Crippen LogP contribution in [0.3, 0.4) is 0 Å². The molecular weight excluding hydrogens is 226 g/mol. The van der Waals surface area contributed by atoms with Crippen molar-refractivity contribution >= 4 is 5.91 Å². The van der Waals surface area contributed by atoms with Crippen molar-refractivity contribution in [3.05, 3.63) is 0 Å². The summed E-state index contributed by atoms with van der Waals surface area (Å²) < 4.78 is 0. The summed E-state index contributed by atoms with van der Waals surface area (Å²) in [6.45, 7) is 9.52. The van der Waals surface area contributed by atoms with Crippen molar-refractivity contribution in [2.45, 2.75) is 46.1 Å². The molecule has 2 unspecified atom stereocenters. The number of nitrogens with zero attached hydrogens (tertiary/aromatic N) is 1. The van der Waals surface area contributed by atoms with Gasteiger partial charge in [0.05, 0.1) is 6.54 Å². The minimum absolute atomic E-state index is 0.142. The van der Waals surface area contributed by atoms with Crippen molar-refractivity contribution in [3.8, 4) is 0 Å². The Bertz CT molecular complexity index is 255. The molecule has 1 fully saturated rings. The molecule has 0 aromatic carbocycles. The standard InChI is InChI=1S/C14H29N3O/c1-11(2)6-7-16-14(18)10-17-8-4-5-12(3)13(17)9-15/h11-13H,4-10,15H2,1-3H3,(H,16,18). The van der Waals surface area contributed by atoms with Crippen LogP contribution in [0.1, 0.15) is 40.0 Å². The summed E-state index contributed by atoms with van der Waals surface area (Å²) in [4.78, 5) is 14.1. The third kappa shape index (κ3) is 4.94. The van der Waals surface area contributed by atoms with E-state index in [2.05, 4.69) is 31.0 Å². The summed E-state index contributed by atoms with van der Waals surface area (Å²) in [7, 11) is 0. The molecule has 0 radical (unpaired) electrons. The van der Waals surface area contributed by atoms with Gasteiger partial charge in [-0.3, -0.25) is 9.69 Å². The van der Waals surface area contributed by atoms with Gasteiger partial charge in [0.2, 0.25) is 5.91 Å². The Labute approximate surface area is 111 Å². The molecule has 4 heteroatoms. The lowest BCUT2D eigenvalue weighted by Crippen LogP contribution is -2.52. The van der Waals surface area contributed by atoms with Crippen LogP contribution in [0.25, 0.3) is 0 Å². The maximum atomic E-state index is 11.9. The van der Waals surface area contributed by atoms with Crippen LogP contribution in [0, 0.1) is 11.8 Å². The number of nitrogens with one attached hydrogen (secondary N) is 1. The summed E-state index contributed by atoms with van der Waals surface area (Å²) >= 11 is 0. The topological polar surface area (TPSA) is 58.4 Å². The summed E-state index contributed by atoms with van der Waals surface area (Å²) in [6, 6.07) is 0.370. The van der Waals surface area contributed by atoms with Crippen molar-refractivity contribution in [2.75, 3.05) is 26.2 Å². The third-order valence-electron chi connectivity index (χ3n) is 3.86. The molecule has 0 aromatic rings. The molecular formula is C14H29N3O. The number of hydrogen-bond donors (Lipinski definition) is 2. The molecule has 0 aliphatic carbocycles. The SMILES string of the molecule is CC(C)CCNC(=O)CN1CCCC(C)C1CN. The van der Waals surface area contributed by atoms with Gasteiger partial charge in [-0.25, -0.2) is 0 Å². The molecule has 106 valence electrons. The largest absolute Gasteiger partial charge is 0.355 e. The predicted octanol–water partition coefficient (Wildman–Crippen LogP) is 1.21. The van der Waals surface area contributed by atoms with Crippen molar-refractivity contribution in [1.82, 2.24) is 10.2 Å². The van der Waals surface area contributed by atoms with Gasteiger partial charge >= 0.3 is 0 Å². The monoisotopic (exact) mass is 255 g/mol. The number of nitrogens with two attached hydrogens (primary N) is 1. The lowest BCUT2D eigenvalue weighted by atomic mass is 9.91. The van der Waals surface area contributed by atoms with Gasteiger partial charge < -0.3 is 11.1 Å². The number of likely N-dealkylation sites (tertiary alicyclic amines) is 1. The Morgan fingerprint density at radius 2 is 2.22 bits per heavy atom. The molecule has 1 aliphatic rings. The molecule has 1 saturated heterocycles. The van der Waals surface area contributed by atoms with E-state index in [1.807, 2.05) is 0 Å². The van der Waals surface area contributed by atoms with E-state index in [0.717, 1.165) is 19.5 Å². The van der Waals surface area contributed by atoms with E-state index >= 15 is 0 Å². The molecule has 0 spiro atoms. The highest BCUT2D eigenvalue weighted by Gasteiger charge is 2.28. The smallest absolute Gasteiger partial charge is 0.234 e. The first-order chi connectivity index (χ1) is 8.54. The van der Waals surface area contributed by atoms with E-state index < -0.39 is 0 Å². The van der Waals surface area contributed by atoms with Crippen LogP contribution in [-0.4, -0.2) is 43.0 Å². The van der Waals surface area contributed by atoms with Crippen LogP contribution in [-0.2, 0) is 4.79 Å². The van der Waals surface area contributed by atoms with Crippen LogP contribution in [0.2, 0.25) is 0 Å². The Balaban J connectivity index is 2.33. The molecule has 4 nitrogen and oxygen atoms in total. The van der Waals surface area contributed by atoms with Gasteiger partial charge in [0, 0.05) is 19.1 Å². The van der Waals surface area contributed by atoms with Crippen LogP contribution >= 0.6 is 0 Å². The maximum absolute atomic E-state index is 11.9. The molecule has 1 rings (SSSR count). The average Bonchev–Trinajstić information content (AvgIpc) is 2.28. The fourth-order valence-electron chi connectivity index (χ4n) is 2.65. The van der Waals surface area contributed by atoms with Crippen LogP contribution in [0.4, 0.5) is 0 Å². The van der Waals surface area contributed by atoms with E-state index in [0.29, 0.717) is 31.0 Å². The lowest BCUT2D eigenvalue weighted by Gasteiger charge is -2.38. The predicted molar refractivity (Wildman–Crippen MR) is 75.3 cm³/mol. The molecule has 18 heavy (non-hydrogen) atoms. The first-order valence-corrected chi connectivity index (χ1v) is 7.25. The second kappa shape index (κ2) is 7.74. The average molecular weight is 255 g/mol. The van der Waals surface area contributed by atoms with Crippen molar-refractivity contribution < 1.29 is 4.79 Å². The van der Waals surface area contributed by atoms with Gasteiger partial charge in [-0.2, -0.15) is 0 Å². The van der Waals surface area contributed by atoms with Crippen molar-refractivity contribution in [2.24, 2.45) is 17.6 Å². The lowest BCUT2D eigenvalue weighted by molar-refractivity contribution is -0.123. The van der Waals surface area contributed by atoms with E-state index in [9.17, 15) is 4.79 Å². The molecule has 1 heterocycles. The normalized spacial score (nSPS) is 25.4. The molecule has 3 N–H and O–H groups in total. The van der Waals surface area contributed by atoms with Gasteiger partial charge in [0.15, 0.2) is 0 Å². The Morgan fingerprint density at radius 1 is 1.50 bits per heavy atom. The van der Waals surface area contributed by atoms with Gasteiger partial charge in [0.1, 0.15) is 0 Å². The Hall–Kier alpha value is -0.610. The number of carbonyl (C=O) groups is 1.